The van der Waals surface area contributed by atoms with E-state index in [2.05, 4.69) is 19.6 Å². The summed E-state index contributed by atoms with van der Waals surface area (Å²) in [7, 11) is 0. The van der Waals surface area contributed by atoms with Crippen molar-refractivity contribution in [1.29, 1.82) is 0 Å². The summed E-state index contributed by atoms with van der Waals surface area (Å²) in [4.78, 5) is 10.2. The molecule has 0 bridgehead atoms. The molecule has 0 heterocycles. The SMILES string of the molecule is CCC(=O)CC.CCCCCS. The van der Waals surface area contributed by atoms with Crippen LogP contribution in [0.4, 0.5) is 0 Å². The second-order valence-corrected chi connectivity index (χ2v) is 3.12. The molecule has 0 saturated heterocycles. The number of hydrogen-bond acceptors (Lipinski definition) is 2. The van der Waals surface area contributed by atoms with Gasteiger partial charge in [0.1, 0.15) is 5.78 Å². The van der Waals surface area contributed by atoms with E-state index in [0.29, 0.717) is 18.6 Å². The summed E-state index contributed by atoms with van der Waals surface area (Å²) in [6.07, 6.45) is 5.30. The minimum atomic E-state index is 0.343. The smallest absolute Gasteiger partial charge is 0.132 e. The van der Waals surface area contributed by atoms with E-state index in [4.69, 9.17) is 0 Å². The number of ketones is 1. The molecule has 0 aromatic rings. The van der Waals surface area contributed by atoms with Gasteiger partial charge in [0.05, 0.1) is 0 Å². The highest BCUT2D eigenvalue weighted by Gasteiger charge is 1.86. The third kappa shape index (κ3) is 16.5. The number of carbonyl (C=O) groups is 1. The van der Waals surface area contributed by atoms with Crippen molar-refractivity contribution in [2.45, 2.75) is 52.9 Å². The van der Waals surface area contributed by atoms with Crippen molar-refractivity contribution in [3.05, 3.63) is 0 Å². The first-order valence-electron chi connectivity index (χ1n) is 4.85. The lowest BCUT2D eigenvalue weighted by Crippen LogP contribution is -1.88. The first-order chi connectivity index (χ1) is 5.72. The molecule has 0 aromatic carbocycles. The fourth-order valence-electron chi connectivity index (χ4n) is 0.612. The van der Waals surface area contributed by atoms with Gasteiger partial charge >= 0.3 is 0 Å². The second-order valence-electron chi connectivity index (χ2n) is 2.68. The zero-order valence-electron chi connectivity index (χ0n) is 8.60. The maximum atomic E-state index is 10.2. The van der Waals surface area contributed by atoms with Crippen LogP contribution in [0, 0.1) is 0 Å². The lowest BCUT2D eigenvalue weighted by atomic mass is 10.3. The number of unbranched alkanes of at least 4 members (excludes halogenated alkanes) is 2. The highest BCUT2D eigenvalue weighted by atomic mass is 32.1. The summed E-state index contributed by atoms with van der Waals surface area (Å²) in [5.74, 6) is 1.39. The molecule has 0 aliphatic carbocycles. The molecule has 0 unspecified atom stereocenters. The highest BCUT2D eigenvalue weighted by molar-refractivity contribution is 7.80. The van der Waals surface area contributed by atoms with Crippen LogP contribution in [-0.4, -0.2) is 11.5 Å². The first-order valence-corrected chi connectivity index (χ1v) is 5.48. The molecule has 12 heavy (non-hydrogen) atoms. The maximum absolute atomic E-state index is 10.2. The van der Waals surface area contributed by atoms with Crippen molar-refractivity contribution in [2.75, 3.05) is 5.75 Å². The van der Waals surface area contributed by atoms with Gasteiger partial charge in [0.25, 0.3) is 0 Å². The van der Waals surface area contributed by atoms with Gasteiger partial charge in [0.15, 0.2) is 0 Å². The third-order valence-electron chi connectivity index (χ3n) is 1.55. The van der Waals surface area contributed by atoms with Gasteiger partial charge in [-0.3, -0.25) is 4.79 Å². The van der Waals surface area contributed by atoms with Crippen LogP contribution in [0.25, 0.3) is 0 Å². The molecule has 0 aliphatic heterocycles. The normalized spacial score (nSPS) is 8.67. The maximum Gasteiger partial charge on any atom is 0.132 e. The zero-order valence-corrected chi connectivity index (χ0v) is 9.49. The van der Waals surface area contributed by atoms with Crippen molar-refractivity contribution < 1.29 is 4.79 Å². The van der Waals surface area contributed by atoms with Crippen LogP contribution < -0.4 is 0 Å². The lowest BCUT2D eigenvalue weighted by molar-refractivity contribution is -0.118. The molecule has 0 N–H and O–H groups in total. The van der Waals surface area contributed by atoms with Gasteiger partial charge in [-0.2, -0.15) is 12.6 Å². The summed E-state index contributed by atoms with van der Waals surface area (Å²) in [6, 6.07) is 0. The largest absolute Gasteiger partial charge is 0.300 e. The number of Topliss-reactive ketones (excluding diaryl/α,β-unsaturated/α-hetero) is 1. The van der Waals surface area contributed by atoms with Crippen LogP contribution in [0.5, 0.6) is 0 Å². The standard InChI is InChI=1S/C5H10O.C5H12S/c1-3-5(6)4-2;1-2-3-4-5-6/h3-4H2,1-2H3;6H,2-5H2,1H3. The molecule has 74 valence electrons. The second kappa shape index (κ2) is 13.6. The molecule has 0 fully saturated rings. The Balaban J connectivity index is 0. The van der Waals surface area contributed by atoms with Crippen LogP contribution in [0.15, 0.2) is 0 Å². The summed E-state index contributed by atoms with van der Waals surface area (Å²) in [5, 5.41) is 0. The summed E-state index contributed by atoms with van der Waals surface area (Å²) in [5.41, 5.74) is 0. The van der Waals surface area contributed by atoms with E-state index in [1.165, 1.54) is 19.3 Å². The highest BCUT2D eigenvalue weighted by Crippen LogP contribution is 1.93. The fraction of sp³-hybridized carbons (Fsp3) is 0.900. The Kier molecular flexibility index (Phi) is 16.5. The summed E-state index contributed by atoms with van der Waals surface area (Å²) in [6.45, 7) is 5.96. The molecular weight excluding hydrogens is 168 g/mol. The molecule has 2 heteroatoms. The van der Waals surface area contributed by atoms with Crippen LogP contribution in [0.2, 0.25) is 0 Å². The van der Waals surface area contributed by atoms with Crippen molar-refractivity contribution in [3.8, 4) is 0 Å². The number of thiol groups is 1. The van der Waals surface area contributed by atoms with Gasteiger partial charge in [0, 0.05) is 12.8 Å². The van der Waals surface area contributed by atoms with E-state index in [9.17, 15) is 4.79 Å². The van der Waals surface area contributed by atoms with Gasteiger partial charge in [-0.25, -0.2) is 0 Å². The first kappa shape index (κ1) is 14.5. The van der Waals surface area contributed by atoms with Gasteiger partial charge < -0.3 is 0 Å². The minimum Gasteiger partial charge on any atom is -0.300 e. The van der Waals surface area contributed by atoms with E-state index >= 15 is 0 Å². The Hall–Kier alpha value is 0.0200. The van der Waals surface area contributed by atoms with Crippen LogP contribution >= 0.6 is 12.6 Å². The van der Waals surface area contributed by atoms with Crippen LogP contribution in [0.3, 0.4) is 0 Å². The molecular formula is C10H22OS. The Morgan fingerprint density at radius 1 is 1.08 bits per heavy atom. The van der Waals surface area contributed by atoms with E-state index in [1.54, 1.807) is 0 Å². The van der Waals surface area contributed by atoms with E-state index < -0.39 is 0 Å². The Morgan fingerprint density at radius 2 is 1.58 bits per heavy atom. The Morgan fingerprint density at radius 3 is 1.67 bits per heavy atom. The molecule has 0 saturated carbocycles. The minimum absolute atomic E-state index is 0.343. The predicted octanol–water partition coefficient (Wildman–Crippen LogP) is 3.48. The molecule has 0 spiro atoms. The summed E-state index contributed by atoms with van der Waals surface area (Å²) < 4.78 is 0. The molecule has 1 nitrogen and oxygen atoms in total. The van der Waals surface area contributed by atoms with E-state index in [1.807, 2.05) is 13.8 Å². The topological polar surface area (TPSA) is 17.1 Å². The van der Waals surface area contributed by atoms with Gasteiger partial charge in [-0.05, 0) is 12.2 Å². The van der Waals surface area contributed by atoms with Gasteiger partial charge in [-0.1, -0.05) is 33.6 Å². The van der Waals surface area contributed by atoms with Crippen molar-refractivity contribution >= 4 is 18.4 Å². The molecule has 0 aromatic heterocycles. The Bertz CT molecular complexity index is 81.8. The van der Waals surface area contributed by atoms with Crippen molar-refractivity contribution in [1.82, 2.24) is 0 Å². The lowest BCUT2D eigenvalue weighted by Gasteiger charge is -1.85. The Labute approximate surface area is 82.3 Å². The monoisotopic (exact) mass is 190 g/mol. The van der Waals surface area contributed by atoms with E-state index in [0.717, 1.165) is 5.75 Å². The van der Waals surface area contributed by atoms with Crippen LogP contribution in [-0.2, 0) is 4.79 Å². The quantitative estimate of drug-likeness (QED) is 0.519. The molecule has 0 aliphatic rings. The number of carbonyl (C=O) groups excluding carboxylic acids is 1. The fourth-order valence-corrected chi connectivity index (χ4v) is 0.835. The third-order valence-corrected chi connectivity index (χ3v) is 1.87. The summed E-state index contributed by atoms with van der Waals surface area (Å²) >= 11 is 4.05. The zero-order chi connectivity index (χ0) is 9.82. The molecule has 0 radical (unpaired) electrons. The van der Waals surface area contributed by atoms with Gasteiger partial charge in [-0.15, -0.1) is 0 Å². The van der Waals surface area contributed by atoms with Crippen molar-refractivity contribution in [2.24, 2.45) is 0 Å². The average molecular weight is 190 g/mol. The average Bonchev–Trinajstić information content (AvgIpc) is 2.14. The molecule has 0 atom stereocenters. The number of rotatable bonds is 5. The molecule has 0 amide bonds. The predicted molar refractivity (Wildman–Crippen MR) is 59.0 cm³/mol. The van der Waals surface area contributed by atoms with E-state index in [-0.39, 0.29) is 0 Å². The van der Waals surface area contributed by atoms with Gasteiger partial charge in [0.2, 0.25) is 0 Å². The number of hydrogen-bond donors (Lipinski definition) is 1. The van der Waals surface area contributed by atoms with Crippen molar-refractivity contribution in [3.63, 3.8) is 0 Å². The molecule has 0 rings (SSSR count). The van der Waals surface area contributed by atoms with Crippen LogP contribution in [0.1, 0.15) is 52.9 Å².